The third-order valence-electron chi connectivity index (χ3n) is 4.16. The molecule has 2 aromatic carbocycles. The van der Waals surface area contributed by atoms with E-state index in [4.69, 9.17) is 9.47 Å². The van der Waals surface area contributed by atoms with Crippen LogP contribution in [0.4, 0.5) is 5.69 Å². The molecule has 2 N–H and O–H groups in total. The second-order valence-electron chi connectivity index (χ2n) is 6.60. The summed E-state index contributed by atoms with van der Waals surface area (Å²) < 4.78 is 11.2. The molecule has 0 spiro atoms. The minimum atomic E-state index is -0.0213. The van der Waals surface area contributed by atoms with Crippen molar-refractivity contribution >= 4 is 17.5 Å². The molecular formula is C23H30N2O4. The first kappa shape index (κ1) is 22.3. The van der Waals surface area contributed by atoms with Crippen LogP contribution in [-0.2, 0) is 16.1 Å². The van der Waals surface area contributed by atoms with Crippen LogP contribution in [0.15, 0.2) is 48.5 Å². The first-order chi connectivity index (χ1) is 14.1. The van der Waals surface area contributed by atoms with Crippen molar-refractivity contribution in [2.24, 2.45) is 0 Å². The molecule has 0 radical (unpaired) electrons. The first-order valence-electron chi connectivity index (χ1n) is 10.1. The Balaban J connectivity index is 1.66. The van der Waals surface area contributed by atoms with E-state index in [2.05, 4.69) is 10.6 Å². The molecule has 29 heavy (non-hydrogen) atoms. The topological polar surface area (TPSA) is 76.7 Å². The van der Waals surface area contributed by atoms with Crippen LogP contribution in [-0.4, -0.2) is 25.0 Å². The Morgan fingerprint density at radius 1 is 0.862 bits per heavy atom. The highest BCUT2D eigenvalue weighted by Crippen LogP contribution is 2.26. The zero-order chi connectivity index (χ0) is 20.9. The third kappa shape index (κ3) is 8.25. The number of carbonyl (C=O) groups excluding carboxylic acids is 2. The molecule has 0 aliphatic rings. The van der Waals surface area contributed by atoms with Gasteiger partial charge in [0.1, 0.15) is 0 Å². The summed E-state index contributed by atoms with van der Waals surface area (Å²) in [5, 5.41) is 5.75. The maximum absolute atomic E-state index is 12.0. The van der Waals surface area contributed by atoms with Crippen LogP contribution < -0.4 is 20.1 Å². The molecule has 0 saturated heterocycles. The summed E-state index contributed by atoms with van der Waals surface area (Å²) in [4.78, 5) is 23.6. The van der Waals surface area contributed by atoms with E-state index in [0.29, 0.717) is 50.5 Å². The highest BCUT2D eigenvalue weighted by molar-refractivity contribution is 5.90. The van der Waals surface area contributed by atoms with E-state index in [9.17, 15) is 9.59 Å². The Morgan fingerprint density at radius 3 is 2.21 bits per heavy atom. The summed E-state index contributed by atoms with van der Waals surface area (Å²) in [6.07, 6.45) is 2.34. The summed E-state index contributed by atoms with van der Waals surface area (Å²) in [6.45, 7) is 5.38. The van der Waals surface area contributed by atoms with Crippen molar-refractivity contribution in [2.75, 3.05) is 18.5 Å². The maximum Gasteiger partial charge on any atom is 0.224 e. The zero-order valence-electron chi connectivity index (χ0n) is 17.2. The van der Waals surface area contributed by atoms with Gasteiger partial charge in [0, 0.05) is 25.1 Å². The Kier molecular flexibility index (Phi) is 9.55. The van der Waals surface area contributed by atoms with Crippen molar-refractivity contribution in [1.82, 2.24) is 5.32 Å². The number of hydrogen-bond acceptors (Lipinski definition) is 4. The molecule has 0 unspecified atom stereocenters. The summed E-state index contributed by atoms with van der Waals surface area (Å²) >= 11 is 0. The lowest BCUT2D eigenvalue weighted by molar-refractivity contribution is -0.121. The Hall–Kier alpha value is -3.02. The predicted octanol–water partition coefficient (Wildman–Crippen LogP) is 4.30. The van der Waals surface area contributed by atoms with E-state index < -0.39 is 0 Å². The molecule has 0 atom stereocenters. The normalized spacial score (nSPS) is 10.3. The number of benzene rings is 2. The molecule has 0 heterocycles. The lowest BCUT2D eigenvalue weighted by Gasteiger charge is -2.11. The van der Waals surface area contributed by atoms with Crippen LogP contribution in [0.1, 0.15) is 45.1 Å². The zero-order valence-corrected chi connectivity index (χ0v) is 17.2. The van der Waals surface area contributed by atoms with Gasteiger partial charge in [-0.05, 0) is 49.6 Å². The van der Waals surface area contributed by atoms with Gasteiger partial charge in [-0.3, -0.25) is 9.59 Å². The minimum absolute atomic E-state index is 0.0136. The number of hydrogen-bond donors (Lipinski definition) is 2. The summed E-state index contributed by atoms with van der Waals surface area (Å²) in [6, 6.07) is 15.0. The van der Waals surface area contributed by atoms with Gasteiger partial charge in [0.2, 0.25) is 11.8 Å². The molecule has 0 fully saturated rings. The number of rotatable bonds is 12. The van der Waals surface area contributed by atoms with Crippen LogP contribution in [0.25, 0.3) is 0 Å². The summed E-state index contributed by atoms with van der Waals surface area (Å²) in [7, 11) is 0. The largest absolute Gasteiger partial charge is 0.490 e. The molecule has 6 heteroatoms. The number of para-hydroxylation sites is 2. The van der Waals surface area contributed by atoms with Crippen molar-refractivity contribution < 1.29 is 19.1 Å². The highest BCUT2D eigenvalue weighted by atomic mass is 16.5. The van der Waals surface area contributed by atoms with Gasteiger partial charge < -0.3 is 20.1 Å². The smallest absolute Gasteiger partial charge is 0.224 e. The molecule has 0 saturated carbocycles. The van der Waals surface area contributed by atoms with Gasteiger partial charge in [-0.1, -0.05) is 31.2 Å². The van der Waals surface area contributed by atoms with Gasteiger partial charge in [0.05, 0.1) is 13.2 Å². The summed E-state index contributed by atoms with van der Waals surface area (Å²) in [5.74, 6) is 1.40. The second-order valence-corrected chi connectivity index (χ2v) is 6.60. The van der Waals surface area contributed by atoms with E-state index in [1.165, 1.54) is 0 Å². The number of nitrogens with one attached hydrogen (secondary N) is 2. The fourth-order valence-electron chi connectivity index (χ4n) is 2.70. The molecular weight excluding hydrogens is 368 g/mol. The minimum Gasteiger partial charge on any atom is -0.490 e. The molecule has 2 amide bonds. The van der Waals surface area contributed by atoms with Gasteiger partial charge in [-0.2, -0.15) is 0 Å². The summed E-state index contributed by atoms with van der Waals surface area (Å²) in [5.41, 5.74) is 1.75. The van der Waals surface area contributed by atoms with Crippen LogP contribution in [0.3, 0.4) is 0 Å². The SMILES string of the molecule is CCCC(=O)Nc1ccc(CNC(=O)CCCOc2ccccc2OCC)cc1. The van der Waals surface area contributed by atoms with E-state index >= 15 is 0 Å². The van der Waals surface area contributed by atoms with Gasteiger partial charge in [0.25, 0.3) is 0 Å². The van der Waals surface area contributed by atoms with E-state index in [1.807, 2.05) is 62.4 Å². The first-order valence-corrected chi connectivity index (χ1v) is 10.1. The van der Waals surface area contributed by atoms with E-state index in [1.54, 1.807) is 0 Å². The van der Waals surface area contributed by atoms with Crippen molar-refractivity contribution in [3.63, 3.8) is 0 Å². The molecule has 6 nitrogen and oxygen atoms in total. The highest BCUT2D eigenvalue weighted by Gasteiger charge is 2.06. The molecule has 0 bridgehead atoms. The number of amides is 2. The van der Waals surface area contributed by atoms with Crippen molar-refractivity contribution in [2.45, 2.75) is 46.1 Å². The number of anilines is 1. The van der Waals surface area contributed by atoms with Gasteiger partial charge >= 0.3 is 0 Å². The lowest BCUT2D eigenvalue weighted by Crippen LogP contribution is -2.23. The quantitative estimate of drug-likeness (QED) is 0.523. The van der Waals surface area contributed by atoms with Crippen molar-refractivity contribution in [1.29, 1.82) is 0 Å². The fraction of sp³-hybridized carbons (Fsp3) is 0.391. The maximum atomic E-state index is 12.0. The van der Waals surface area contributed by atoms with Crippen LogP contribution in [0.2, 0.25) is 0 Å². The fourth-order valence-corrected chi connectivity index (χ4v) is 2.70. The Labute approximate surface area is 172 Å². The molecule has 0 aliphatic heterocycles. The van der Waals surface area contributed by atoms with E-state index in [0.717, 1.165) is 17.7 Å². The van der Waals surface area contributed by atoms with Gasteiger partial charge in [0.15, 0.2) is 11.5 Å². The van der Waals surface area contributed by atoms with Crippen molar-refractivity contribution in [3.8, 4) is 11.5 Å². The van der Waals surface area contributed by atoms with Gasteiger partial charge in [-0.25, -0.2) is 0 Å². The lowest BCUT2D eigenvalue weighted by atomic mass is 10.2. The third-order valence-corrected chi connectivity index (χ3v) is 4.16. The van der Waals surface area contributed by atoms with Crippen LogP contribution in [0, 0.1) is 0 Å². The molecule has 0 aliphatic carbocycles. The standard InChI is InChI=1S/C23H30N2O4/c1-3-8-23(27)25-19-14-12-18(13-15-19)17-24-22(26)11-7-16-29-21-10-6-5-9-20(21)28-4-2/h5-6,9-10,12-15H,3-4,7-8,11,16-17H2,1-2H3,(H,24,26)(H,25,27). The van der Waals surface area contributed by atoms with E-state index in [-0.39, 0.29) is 11.8 Å². The molecule has 2 aromatic rings. The number of ether oxygens (including phenoxy) is 2. The molecule has 0 aromatic heterocycles. The van der Waals surface area contributed by atoms with Crippen molar-refractivity contribution in [3.05, 3.63) is 54.1 Å². The van der Waals surface area contributed by atoms with Crippen LogP contribution in [0.5, 0.6) is 11.5 Å². The molecule has 156 valence electrons. The number of carbonyl (C=O) groups is 2. The monoisotopic (exact) mass is 398 g/mol. The Morgan fingerprint density at radius 2 is 1.55 bits per heavy atom. The molecule has 2 rings (SSSR count). The van der Waals surface area contributed by atoms with Crippen LogP contribution >= 0.6 is 0 Å². The predicted molar refractivity (Wildman–Crippen MR) is 114 cm³/mol. The Bertz CT molecular complexity index is 775. The average Bonchev–Trinajstić information content (AvgIpc) is 2.72. The average molecular weight is 399 g/mol. The van der Waals surface area contributed by atoms with Gasteiger partial charge in [-0.15, -0.1) is 0 Å². The second kappa shape index (κ2) is 12.4.